The van der Waals surface area contributed by atoms with Gasteiger partial charge in [-0.15, -0.1) is 5.10 Å². The van der Waals surface area contributed by atoms with Gasteiger partial charge in [0.2, 0.25) is 5.89 Å². The number of benzene rings is 1. The summed E-state index contributed by atoms with van der Waals surface area (Å²) in [6.07, 6.45) is 0. The smallest absolute Gasteiger partial charge is 0.320 e. The Hall–Kier alpha value is -1.53. The van der Waals surface area contributed by atoms with Crippen LogP contribution < -0.4 is 5.32 Å². The summed E-state index contributed by atoms with van der Waals surface area (Å²) in [6, 6.07) is 10.3. The summed E-state index contributed by atoms with van der Waals surface area (Å²) in [6.45, 7) is 2.92. The highest BCUT2D eigenvalue weighted by atomic mass is 32.2. The van der Waals surface area contributed by atoms with Gasteiger partial charge in [-0.25, -0.2) is 0 Å². The van der Waals surface area contributed by atoms with Gasteiger partial charge in [0.25, 0.3) is 0 Å². The van der Waals surface area contributed by atoms with Gasteiger partial charge in [0.05, 0.1) is 6.54 Å². The normalized spacial score (nSPS) is 16.4. The van der Waals surface area contributed by atoms with Crippen LogP contribution in [0.15, 0.2) is 34.7 Å². The molecule has 0 unspecified atom stereocenters. The summed E-state index contributed by atoms with van der Waals surface area (Å²) < 4.78 is 5.61. The number of anilines is 2. The molecule has 0 bridgehead atoms. The van der Waals surface area contributed by atoms with Gasteiger partial charge in [-0.2, -0.15) is 11.8 Å². The highest BCUT2D eigenvalue weighted by molar-refractivity contribution is 7.99. The molecule has 0 spiro atoms. The lowest BCUT2D eigenvalue weighted by Gasteiger charge is -2.24. The zero-order valence-corrected chi connectivity index (χ0v) is 11.4. The number of para-hydroxylation sites is 1. The van der Waals surface area contributed by atoms with E-state index >= 15 is 0 Å². The minimum absolute atomic E-state index is 0.451. The molecular formula is C13H16N4OS. The topological polar surface area (TPSA) is 54.2 Å². The summed E-state index contributed by atoms with van der Waals surface area (Å²) in [5, 5.41) is 11.2. The van der Waals surface area contributed by atoms with Crippen molar-refractivity contribution in [1.82, 2.24) is 15.1 Å². The van der Waals surface area contributed by atoms with Gasteiger partial charge in [-0.1, -0.05) is 23.3 Å². The predicted octanol–water partition coefficient (Wildman–Crippen LogP) is 2.36. The number of thioether (sulfide) groups is 1. The van der Waals surface area contributed by atoms with E-state index in [4.69, 9.17) is 4.42 Å². The van der Waals surface area contributed by atoms with E-state index < -0.39 is 0 Å². The summed E-state index contributed by atoms with van der Waals surface area (Å²) in [5.74, 6) is 3.04. The zero-order valence-electron chi connectivity index (χ0n) is 10.6. The lowest BCUT2D eigenvalue weighted by molar-refractivity contribution is 0.263. The summed E-state index contributed by atoms with van der Waals surface area (Å²) >= 11 is 2.00. The molecule has 2 heterocycles. The van der Waals surface area contributed by atoms with Crippen molar-refractivity contribution < 1.29 is 4.42 Å². The van der Waals surface area contributed by atoms with Crippen LogP contribution in [0.3, 0.4) is 0 Å². The third-order valence-corrected chi connectivity index (χ3v) is 3.90. The van der Waals surface area contributed by atoms with Gasteiger partial charge in [0, 0.05) is 30.3 Å². The molecule has 1 N–H and O–H groups in total. The first-order chi connectivity index (χ1) is 9.40. The van der Waals surface area contributed by atoms with Gasteiger partial charge in [-0.05, 0) is 12.1 Å². The molecule has 0 atom stereocenters. The lowest BCUT2D eigenvalue weighted by atomic mass is 10.3. The van der Waals surface area contributed by atoms with Crippen LogP contribution in [-0.2, 0) is 6.54 Å². The Morgan fingerprint density at radius 1 is 1.16 bits per heavy atom. The molecule has 100 valence electrons. The monoisotopic (exact) mass is 276 g/mol. The van der Waals surface area contributed by atoms with Crippen LogP contribution in [0.5, 0.6) is 0 Å². The van der Waals surface area contributed by atoms with E-state index in [1.54, 1.807) is 0 Å². The first-order valence-electron chi connectivity index (χ1n) is 6.35. The predicted molar refractivity (Wildman–Crippen MR) is 76.6 cm³/mol. The maximum absolute atomic E-state index is 5.61. The number of nitrogens with one attached hydrogen (secondary N) is 1. The van der Waals surface area contributed by atoms with Crippen molar-refractivity contribution in [3.63, 3.8) is 0 Å². The minimum Gasteiger partial charge on any atom is -0.406 e. The van der Waals surface area contributed by atoms with Gasteiger partial charge in [-0.3, -0.25) is 4.90 Å². The van der Waals surface area contributed by atoms with Crippen LogP contribution in [0.25, 0.3) is 0 Å². The Balaban J connectivity index is 1.59. The van der Waals surface area contributed by atoms with Crippen LogP contribution >= 0.6 is 11.8 Å². The minimum atomic E-state index is 0.451. The molecule has 0 radical (unpaired) electrons. The molecule has 2 aromatic rings. The van der Waals surface area contributed by atoms with Crippen LogP contribution in [-0.4, -0.2) is 39.7 Å². The fourth-order valence-corrected chi connectivity index (χ4v) is 2.94. The van der Waals surface area contributed by atoms with Crippen molar-refractivity contribution in [2.45, 2.75) is 6.54 Å². The van der Waals surface area contributed by atoms with Crippen LogP contribution in [0.4, 0.5) is 11.7 Å². The molecule has 1 saturated heterocycles. The van der Waals surface area contributed by atoms with Crippen LogP contribution in [0.1, 0.15) is 5.89 Å². The molecular weight excluding hydrogens is 260 g/mol. The molecule has 1 fully saturated rings. The average molecular weight is 276 g/mol. The molecule has 3 rings (SSSR count). The van der Waals surface area contributed by atoms with Crippen molar-refractivity contribution in [3.8, 4) is 0 Å². The standard InChI is InChI=1S/C13H16N4OS/c1-2-4-11(5-3-1)14-13-16-15-12(18-13)10-17-6-8-19-9-7-17/h1-5H,6-10H2,(H,14,16). The zero-order chi connectivity index (χ0) is 12.9. The molecule has 1 aliphatic rings. The number of hydrogen-bond acceptors (Lipinski definition) is 6. The number of aromatic nitrogens is 2. The van der Waals surface area contributed by atoms with Gasteiger partial charge in [0.1, 0.15) is 0 Å². The second-order valence-corrected chi connectivity index (χ2v) is 5.61. The Morgan fingerprint density at radius 3 is 2.74 bits per heavy atom. The highest BCUT2D eigenvalue weighted by Crippen LogP contribution is 2.16. The van der Waals surface area contributed by atoms with Crippen molar-refractivity contribution in [2.24, 2.45) is 0 Å². The van der Waals surface area contributed by atoms with Crippen molar-refractivity contribution in [1.29, 1.82) is 0 Å². The lowest BCUT2D eigenvalue weighted by Crippen LogP contribution is -2.32. The van der Waals surface area contributed by atoms with E-state index in [9.17, 15) is 0 Å². The molecule has 0 amide bonds. The van der Waals surface area contributed by atoms with Crippen molar-refractivity contribution >= 4 is 23.5 Å². The van der Waals surface area contributed by atoms with Crippen LogP contribution in [0.2, 0.25) is 0 Å². The largest absolute Gasteiger partial charge is 0.406 e. The van der Waals surface area contributed by atoms with Crippen molar-refractivity contribution in [2.75, 3.05) is 29.9 Å². The maximum Gasteiger partial charge on any atom is 0.320 e. The first kappa shape index (κ1) is 12.5. The summed E-state index contributed by atoms with van der Waals surface area (Å²) in [4.78, 5) is 2.34. The highest BCUT2D eigenvalue weighted by Gasteiger charge is 2.14. The van der Waals surface area contributed by atoms with Gasteiger partial charge >= 0.3 is 6.01 Å². The van der Waals surface area contributed by atoms with Gasteiger partial charge < -0.3 is 9.73 Å². The molecule has 0 saturated carbocycles. The van der Waals surface area contributed by atoms with E-state index in [0.717, 1.165) is 25.3 Å². The molecule has 1 aromatic carbocycles. The van der Waals surface area contributed by atoms with E-state index in [-0.39, 0.29) is 0 Å². The third-order valence-electron chi connectivity index (χ3n) is 2.95. The number of nitrogens with zero attached hydrogens (tertiary/aromatic N) is 3. The second-order valence-electron chi connectivity index (χ2n) is 4.38. The van der Waals surface area contributed by atoms with E-state index in [2.05, 4.69) is 20.4 Å². The number of hydrogen-bond donors (Lipinski definition) is 1. The fourth-order valence-electron chi connectivity index (χ4n) is 1.96. The second kappa shape index (κ2) is 6.08. The molecule has 19 heavy (non-hydrogen) atoms. The molecule has 5 nitrogen and oxygen atoms in total. The maximum atomic E-state index is 5.61. The Morgan fingerprint density at radius 2 is 1.95 bits per heavy atom. The fraction of sp³-hybridized carbons (Fsp3) is 0.385. The Kier molecular flexibility index (Phi) is 4.00. The van der Waals surface area contributed by atoms with E-state index in [1.807, 2.05) is 42.1 Å². The van der Waals surface area contributed by atoms with Crippen molar-refractivity contribution in [3.05, 3.63) is 36.2 Å². The molecule has 1 aromatic heterocycles. The molecule has 1 aliphatic heterocycles. The molecule has 0 aliphatic carbocycles. The first-order valence-corrected chi connectivity index (χ1v) is 7.50. The van der Waals surface area contributed by atoms with Crippen LogP contribution in [0, 0.1) is 0 Å². The quantitative estimate of drug-likeness (QED) is 0.925. The summed E-state index contributed by atoms with van der Waals surface area (Å²) in [7, 11) is 0. The van der Waals surface area contributed by atoms with E-state index in [0.29, 0.717) is 11.9 Å². The van der Waals surface area contributed by atoms with Gasteiger partial charge in [0.15, 0.2) is 0 Å². The molecule has 6 heteroatoms. The third kappa shape index (κ3) is 3.48. The number of rotatable bonds is 4. The summed E-state index contributed by atoms with van der Waals surface area (Å²) in [5.41, 5.74) is 0.951. The Bertz CT molecular complexity index is 510. The average Bonchev–Trinajstić information content (AvgIpc) is 2.88. The Labute approximate surface area is 116 Å². The van der Waals surface area contributed by atoms with E-state index in [1.165, 1.54) is 11.5 Å². The SMILES string of the molecule is c1ccc(Nc2nnc(CN3CCSCC3)o2)cc1.